The van der Waals surface area contributed by atoms with Crippen LogP contribution in [0.25, 0.3) is 10.2 Å². The van der Waals surface area contributed by atoms with Gasteiger partial charge in [0.1, 0.15) is 29.1 Å². The van der Waals surface area contributed by atoms with Crippen LogP contribution < -0.4 is 5.32 Å². The van der Waals surface area contributed by atoms with E-state index in [1.54, 1.807) is 12.4 Å². The van der Waals surface area contributed by atoms with E-state index >= 15 is 0 Å². The van der Waals surface area contributed by atoms with Crippen LogP contribution in [0.3, 0.4) is 0 Å². The summed E-state index contributed by atoms with van der Waals surface area (Å²) in [6.45, 7) is 2.37. The summed E-state index contributed by atoms with van der Waals surface area (Å²) in [6, 6.07) is 8.77. The summed E-state index contributed by atoms with van der Waals surface area (Å²) >= 11 is 7.54. The number of carbonyl (C=O) groups is 2. The second-order valence-corrected chi connectivity index (χ2v) is 9.14. The molecule has 12 heteroatoms. The van der Waals surface area contributed by atoms with Crippen LogP contribution in [-0.4, -0.2) is 51.5 Å². The SMILES string of the molecule is N#Cc1ccc(F)c(CN2CCC(Nc3ncnc4sc(Cl)cc34)CC2)c1.O=CO/C=C\C(=O)O. The number of hydrogen-bond donors (Lipinski definition) is 2. The summed E-state index contributed by atoms with van der Waals surface area (Å²) in [5, 5.41) is 21.3. The number of anilines is 1. The number of fused-ring (bicyclic) bond motifs is 1. The van der Waals surface area contributed by atoms with Crippen molar-refractivity contribution in [1.82, 2.24) is 14.9 Å². The van der Waals surface area contributed by atoms with Crippen LogP contribution in [-0.2, 0) is 20.9 Å². The Balaban J connectivity index is 0.000000371. The van der Waals surface area contributed by atoms with E-state index < -0.39 is 5.97 Å². The lowest BCUT2D eigenvalue weighted by molar-refractivity contribution is -0.131. The van der Waals surface area contributed by atoms with Crippen molar-refractivity contribution >= 4 is 51.4 Å². The zero-order valence-corrected chi connectivity index (χ0v) is 19.9. The van der Waals surface area contributed by atoms with Gasteiger partial charge in [0.15, 0.2) is 0 Å². The van der Waals surface area contributed by atoms with Crippen molar-refractivity contribution in [2.75, 3.05) is 18.4 Å². The predicted molar refractivity (Wildman–Crippen MR) is 129 cm³/mol. The van der Waals surface area contributed by atoms with Crippen molar-refractivity contribution in [3.63, 3.8) is 0 Å². The normalized spacial score (nSPS) is 14.2. The third kappa shape index (κ3) is 7.71. The Bertz CT molecular complexity index is 1250. The highest BCUT2D eigenvalue weighted by atomic mass is 35.5. The molecule has 0 bridgehead atoms. The van der Waals surface area contributed by atoms with E-state index in [0.717, 1.165) is 48.2 Å². The molecule has 0 spiro atoms. The van der Waals surface area contributed by atoms with E-state index in [9.17, 15) is 14.0 Å². The fourth-order valence-electron chi connectivity index (χ4n) is 3.51. The first-order chi connectivity index (χ1) is 16.9. The number of nitrogens with one attached hydrogen (secondary N) is 1. The van der Waals surface area contributed by atoms with Crippen molar-refractivity contribution < 1.29 is 23.8 Å². The maximum atomic E-state index is 14.0. The van der Waals surface area contributed by atoms with Gasteiger partial charge in [0.25, 0.3) is 6.47 Å². The first-order valence-corrected chi connectivity index (χ1v) is 11.6. The number of nitrogens with zero attached hydrogens (tertiary/aromatic N) is 4. The van der Waals surface area contributed by atoms with Gasteiger partial charge in [-0.2, -0.15) is 5.26 Å². The number of carboxylic acid groups (broad SMARTS) is 1. The summed E-state index contributed by atoms with van der Waals surface area (Å²) in [4.78, 5) is 30.6. The van der Waals surface area contributed by atoms with E-state index in [4.69, 9.17) is 22.0 Å². The zero-order chi connectivity index (χ0) is 25.2. The summed E-state index contributed by atoms with van der Waals surface area (Å²) in [5.41, 5.74) is 1.07. The number of piperidine rings is 1. The van der Waals surface area contributed by atoms with Gasteiger partial charge in [-0.3, -0.25) is 9.69 Å². The van der Waals surface area contributed by atoms with Crippen molar-refractivity contribution in [3.8, 4) is 6.07 Å². The number of halogens is 2. The second-order valence-electron chi connectivity index (χ2n) is 7.48. The van der Waals surface area contributed by atoms with E-state index in [2.05, 4.69) is 31.0 Å². The molecule has 0 aliphatic carbocycles. The Kier molecular flexibility index (Phi) is 9.48. The minimum atomic E-state index is -1.15. The summed E-state index contributed by atoms with van der Waals surface area (Å²) < 4.78 is 18.6. The first-order valence-electron chi connectivity index (χ1n) is 10.5. The molecule has 3 aromatic rings. The molecular weight excluding hydrogens is 497 g/mol. The highest BCUT2D eigenvalue weighted by Gasteiger charge is 2.21. The smallest absolute Gasteiger partial charge is 0.331 e. The Morgan fingerprint density at radius 3 is 2.83 bits per heavy atom. The van der Waals surface area contributed by atoms with Crippen molar-refractivity contribution in [2.45, 2.75) is 25.4 Å². The number of aliphatic carboxylic acids is 1. The predicted octanol–water partition coefficient (Wildman–Crippen LogP) is 4.19. The molecule has 0 saturated carbocycles. The number of ether oxygens (including phenoxy) is 1. The van der Waals surface area contributed by atoms with Crippen LogP contribution in [0.4, 0.5) is 10.2 Å². The Morgan fingerprint density at radius 2 is 2.14 bits per heavy atom. The van der Waals surface area contributed by atoms with Crippen molar-refractivity contribution in [2.24, 2.45) is 0 Å². The number of benzene rings is 1. The molecule has 0 amide bonds. The number of hydrogen-bond acceptors (Lipinski definition) is 9. The van der Waals surface area contributed by atoms with Crippen LogP contribution >= 0.6 is 22.9 Å². The standard InChI is InChI=1S/C19H17ClFN5S.C4H4O4/c20-17-8-15-18(23-11-24-19(15)27-17)25-14-3-5-26(6-4-14)10-13-7-12(9-22)1-2-16(13)21;5-3-8-2-1-4(6)7/h1-2,7-8,11,14H,3-6,10H2,(H,23,24,25);1-3H,(H,6,7)/b;2-1-. The minimum absolute atomic E-state index is 0.138. The monoisotopic (exact) mass is 517 g/mol. The minimum Gasteiger partial charge on any atom is -0.478 e. The highest BCUT2D eigenvalue weighted by Crippen LogP contribution is 2.32. The molecule has 35 heavy (non-hydrogen) atoms. The molecule has 1 aliphatic rings. The molecule has 1 aromatic carbocycles. The number of likely N-dealkylation sites (tertiary alicyclic amines) is 1. The number of rotatable bonds is 7. The maximum Gasteiger partial charge on any atom is 0.331 e. The number of carbonyl (C=O) groups excluding carboxylic acids is 1. The Labute approximate surface area is 209 Å². The molecule has 2 N–H and O–H groups in total. The first kappa shape index (κ1) is 26.0. The third-order valence-corrected chi connectivity index (χ3v) is 6.31. The van der Waals surface area contributed by atoms with Crippen LogP contribution in [0.5, 0.6) is 0 Å². The second kappa shape index (κ2) is 12.8. The van der Waals surface area contributed by atoms with Gasteiger partial charge < -0.3 is 15.2 Å². The number of nitriles is 1. The van der Waals surface area contributed by atoms with Gasteiger partial charge in [0, 0.05) is 31.2 Å². The van der Waals surface area contributed by atoms with Gasteiger partial charge in [-0.05, 0) is 37.1 Å². The Hall–Kier alpha value is -3.59. The van der Waals surface area contributed by atoms with Gasteiger partial charge in [-0.1, -0.05) is 11.6 Å². The van der Waals surface area contributed by atoms with Gasteiger partial charge in [0.2, 0.25) is 0 Å². The highest BCUT2D eigenvalue weighted by molar-refractivity contribution is 7.22. The average Bonchev–Trinajstić information content (AvgIpc) is 3.23. The molecule has 3 heterocycles. The molecule has 1 fully saturated rings. The Morgan fingerprint density at radius 1 is 1.37 bits per heavy atom. The maximum absolute atomic E-state index is 14.0. The lowest BCUT2D eigenvalue weighted by atomic mass is 10.0. The van der Waals surface area contributed by atoms with Crippen molar-refractivity contribution in [1.29, 1.82) is 5.26 Å². The van der Waals surface area contributed by atoms with Crippen LogP contribution in [0.15, 0.2) is 42.9 Å². The van der Waals surface area contributed by atoms with Gasteiger partial charge in [-0.15, -0.1) is 11.3 Å². The summed E-state index contributed by atoms with van der Waals surface area (Å²) in [5.74, 6) is -0.590. The largest absolute Gasteiger partial charge is 0.478 e. The third-order valence-electron chi connectivity index (χ3n) is 5.14. The van der Waals surface area contributed by atoms with Gasteiger partial charge in [0.05, 0.1) is 27.4 Å². The van der Waals surface area contributed by atoms with Crippen LogP contribution in [0, 0.1) is 17.1 Å². The molecular formula is C23H21ClFN5O4S. The van der Waals surface area contributed by atoms with Crippen LogP contribution in [0.1, 0.15) is 24.0 Å². The summed E-state index contributed by atoms with van der Waals surface area (Å²) in [6.07, 6.45) is 4.92. The van der Waals surface area contributed by atoms with Gasteiger partial charge >= 0.3 is 5.97 Å². The molecule has 1 saturated heterocycles. The topological polar surface area (TPSA) is 128 Å². The quantitative estimate of drug-likeness (QED) is 0.269. The fraction of sp³-hybridized carbons (Fsp3) is 0.261. The lowest BCUT2D eigenvalue weighted by Gasteiger charge is -2.32. The zero-order valence-electron chi connectivity index (χ0n) is 18.4. The van der Waals surface area contributed by atoms with E-state index in [1.165, 1.54) is 23.5 Å². The molecule has 1 aliphatic heterocycles. The number of carboxylic acids is 1. The molecule has 9 nitrogen and oxygen atoms in total. The van der Waals surface area contributed by atoms with E-state index in [-0.39, 0.29) is 12.3 Å². The fourth-order valence-corrected chi connectivity index (χ4v) is 4.56. The molecule has 4 rings (SSSR count). The van der Waals surface area contributed by atoms with Gasteiger partial charge in [-0.25, -0.2) is 19.2 Å². The molecule has 182 valence electrons. The number of aromatic nitrogens is 2. The molecule has 0 atom stereocenters. The van der Waals surface area contributed by atoms with E-state index in [1.807, 2.05) is 6.07 Å². The van der Waals surface area contributed by atoms with Crippen LogP contribution in [0.2, 0.25) is 4.34 Å². The van der Waals surface area contributed by atoms with Crippen molar-refractivity contribution in [3.05, 3.63) is 64.2 Å². The molecule has 0 unspecified atom stereocenters. The lowest BCUT2D eigenvalue weighted by Crippen LogP contribution is -2.39. The molecule has 2 aromatic heterocycles. The summed E-state index contributed by atoms with van der Waals surface area (Å²) in [7, 11) is 0. The average molecular weight is 518 g/mol. The van der Waals surface area contributed by atoms with E-state index in [0.29, 0.717) is 34.1 Å². The molecule has 0 radical (unpaired) electrons. The number of thiophene rings is 1.